The number of esters is 1. The molecule has 98 valence electrons. The van der Waals surface area contributed by atoms with Gasteiger partial charge >= 0.3 is 5.97 Å². The molecule has 0 rings (SSSR count). The van der Waals surface area contributed by atoms with Crippen LogP contribution in [-0.4, -0.2) is 40.3 Å². The Kier molecular flexibility index (Phi) is 8.12. The zero-order chi connectivity index (χ0) is 13.1. The minimum atomic E-state index is -3.43. The average Bonchev–Trinajstić information content (AvgIpc) is 2.30. The van der Waals surface area contributed by atoms with Gasteiger partial charge in [0, 0.05) is 18.0 Å². The highest BCUT2D eigenvalue weighted by molar-refractivity contribution is 7.89. The molecule has 0 heterocycles. The molecule has 0 radical (unpaired) electrons. The lowest BCUT2D eigenvalue weighted by Gasteiger charge is -2.05. The third-order valence-electron chi connectivity index (χ3n) is 1.87. The summed E-state index contributed by atoms with van der Waals surface area (Å²) in [6.07, 6.45) is 1.03. The fraction of sp³-hybridized carbons (Fsp3) is 0.875. The Bertz CT molecular complexity index is 375. The summed E-state index contributed by atoms with van der Waals surface area (Å²) in [5.41, 5.74) is 8.00. The predicted octanol–water partition coefficient (Wildman–Crippen LogP) is 0.559. The number of rotatable bonds is 9. The zero-order valence-electron chi connectivity index (χ0n) is 9.63. The summed E-state index contributed by atoms with van der Waals surface area (Å²) in [6.45, 7) is 0.616. The second-order valence-electron chi connectivity index (χ2n) is 3.20. The quantitative estimate of drug-likeness (QED) is 0.215. The highest BCUT2D eigenvalue weighted by Gasteiger charge is 2.12. The molecule has 0 aliphatic heterocycles. The molecule has 0 aromatic heterocycles. The first-order valence-electron chi connectivity index (χ1n) is 5.07. The lowest BCUT2D eigenvalue weighted by Crippen LogP contribution is -2.28. The number of azide groups is 1. The van der Waals surface area contributed by atoms with Crippen molar-refractivity contribution in [2.24, 2.45) is 5.11 Å². The molecule has 0 aliphatic rings. The molecule has 0 spiro atoms. The average molecular weight is 264 g/mol. The van der Waals surface area contributed by atoms with Crippen molar-refractivity contribution >= 4 is 16.0 Å². The number of sulfonamides is 1. The monoisotopic (exact) mass is 264 g/mol. The van der Waals surface area contributed by atoms with Gasteiger partial charge in [-0.15, -0.1) is 0 Å². The van der Waals surface area contributed by atoms with E-state index >= 15 is 0 Å². The number of nitrogens with one attached hydrogen (secondary N) is 1. The Morgan fingerprint density at radius 3 is 2.76 bits per heavy atom. The third kappa shape index (κ3) is 9.61. The Hall–Kier alpha value is -1.31. The van der Waals surface area contributed by atoms with E-state index in [9.17, 15) is 13.2 Å². The van der Waals surface area contributed by atoms with E-state index in [0.29, 0.717) is 19.4 Å². The number of nitrogens with zero attached hydrogens (tertiary/aromatic N) is 3. The van der Waals surface area contributed by atoms with Crippen LogP contribution in [-0.2, 0) is 19.6 Å². The first-order chi connectivity index (χ1) is 8.02. The van der Waals surface area contributed by atoms with Crippen LogP contribution in [0.2, 0.25) is 0 Å². The van der Waals surface area contributed by atoms with E-state index in [-0.39, 0.29) is 18.7 Å². The SMILES string of the molecule is COC(=O)CCS(=O)(=O)NCCCCN=[N+]=[N-]. The van der Waals surface area contributed by atoms with Gasteiger partial charge in [-0.1, -0.05) is 5.11 Å². The van der Waals surface area contributed by atoms with Crippen molar-refractivity contribution in [2.75, 3.05) is 26.0 Å². The van der Waals surface area contributed by atoms with Crippen molar-refractivity contribution in [1.82, 2.24) is 4.72 Å². The molecule has 0 fully saturated rings. The molecule has 0 atom stereocenters. The fourth-order valence-electron chi connectivity index (χ4n) is 0.972. The van der Waals surface area contributed by atoms with Crippen molar-refractivity contribution in [3.8, 4) is 0 Å². The van der Waals surface area contributed by atoms with Crippen molar-refractivity contribution < 1.29 is 17.9 Å². The van der Waals surface area contributed by atoms with Crippen LogP contribution in [0.5, 0.6) is 0 Å². The number of hydrogen-bond donors (Lipinski definition) is 1. The molecule has 0 aliphatic carbocycles. The topological polar surface area (TPSA) is 121 Å². The van der Waals surface area contributed by atoms with Gasteiger partial charge in [0.05, 0.1) is 19.3 Å². The van der Waals surface area contributed by atoms with Crippen LogP contribution in [0.1, 0.15) is 19.3 Å². The molecule has 0 aromatic rings. The minimum Gasteiger partial charge on any atom is -0.469 e. The summed E-state index contributed by atoms with van der Waals surface area (Å²) in [4.78, 5) is 13.3. The van der Waals surface area contributed by atoms with E-state index in [1.54, 1.807) is 0 Å². The van der Waals surface area contributed by atoms with Crippen LogP contribution in [0.15, 0.2) is 5.11 Å². The largest absolute Gasteiger partial charge is 0.469 e. The molecule has 0 saturated carbocycles. The lowest BCUT2D eigenvalue weighted by atomic mass is 10.3. The highest BCUT2D eigenvalue weighted by Crippen LogP contribution is 1.94. The predicted molar refractivity (Wildman–Crippen MR) is 61.7 cm³/mol. The van der Waals surface area contributed by atoms with Crippen molar-refractivity contribution in [1.29, 1.82) is 0 Å². The standard InChI is InChI=1S/C8H16N4O4S/c1-16-8(13)4-7-17(14,15)11-6-3-2-5-10-12-9/h11H,2-7H2,1H3. The van der Waals surface area contributed by atoms with Crippen LogP contribution in [0.25, 0.3) is 10.4 Å². The maximum absolute atomic E-state index is 11.3. The summed E-state index contributed by atoms with van der Waals surface area (Å²) in [5, 5.41) is 3.32. The first kappa shape index (κ1) is 15.7. The van der Waals surface area contributed by atoms with Gasteiger partial charge in [-0.05, 0) is 18.4 Å². The van der Waals surface area contributed by atoms with Crippen LogP contribution < -0.4 is 4.72 Å². The van der Waals surface area contributed by atoms with Gasteiger partial charge in [-0.3, -0.25) is 4.79 Å². The number of ether oxygens (including phenoxy) is 1. The number of hydrogen-bond acceptors (Lipinski definition) is 5. The maximum atomic E-state index is 11.3. The van der Waals surface area contributed by atoms with Crippen molar-refractivity contribution in [3.05, 3.63) is 10.4 Å². The van der Waals surface area contributed by atoms with Gasteiger partial charge in [0.1, 0.15) is 0 Å². The van der Waals surface area contributed by atoms with Crippen molar-refractivity contribution in [3.63, 3.8) is 0 Å². The van der Waals surface area contributed by atoms with Gasteiger partial charge in [0.2, 0.25) is 10.0 Å². The van der Waals surface area contributed by atoms with Crippen LogP contribution in [0, 0.1) is 0 Å². The molecule has 0 unspecified atom stereocenters. The van der Waals surface area contributed by atoms with Crippen molar-refractivity contribution in [2.45, 2.75) is 19.3 Å². The molecular weight excluding hydrogens is 248 g/mol. The van der Waals surface area contributed by atoms with Gasteiger partial charge in [-0.25, -0.2) is 13.1 Å². The van der Waals surface area contributed by atoms with E-state index in [1.807, 2.05) is 0 Å². The minimum absolute atomic E-state index is 0.162. The molecule has 0 saturated heterocycles. The van der Waals surface area contributed by atoms with Gasteiger partial charge in [-0.2, -0.15) is 0 Å². The van der Waals surface area contributed by atoms with Gasteiger partial charge in [0.25, 0.3) is 0 Å². The van der Waals surface area contributed by atoms with E-state index in [1.165, 1.54) is 7.11 Å². The number of methoxy groups -OCH3 is 1. The molecule has 8 nitrogen and oxygen atoms in total. The van der Waals surface area contributed by atoms with E-state index in [2.05, 4.69) is 19.5 Å². The smallest absolute Gasteiger partial charge is 0.306 e. The van der Waals surface area contributed by atoms with Crippen LogP contribution >= 0.6 is 0 Å². The van der Waals surface area contributed by atoms with Gasteiger partial charge < -0.3 is 4.74 Å². The molecule has 0 amide bonds. The molecule has 17 heavy (non-hydrogen) atoms. The second-order valence-corrected chi connectivity index (χ2v) is 5.13. The normalized spacial score (nSPS) is 10.6. The number of carbonyl (C=O) groups is 1. The first-order valence-corrected chi connectivity index (χ1v) is 6.72. The summed E-state index contributed by atoms with van der Waals surface area (Å²) < 4.78 is 29.4. The summed E-state index contributed by atoms with van der Waals surface area (Å²) in [6, 6.07) is 0. The second kappa shape index (κ2) is 8.80. The molecule has 9 heteroatoms. The molecule has 1 N–H and O–H groups in total. The number of carbonyl (C=O) groups excluding carboxylic acids is 1. The Balaban J connectivity index is 3.71. The molecular formula is C8H16N4O4S. The summed E-state index contributed by atoms with van der Waals surface area (Å²) in [5.74, 6) is -0.838. The Morgan fingerprint density at radius 2 is 2.18 bits per heavy atom. The third-order valence-corrected chi connectivity index (χ3v) is 3.26. The van der Waals surface area contributed by atoms with E-state index in [4.69, 9.17) is 5.53 Å². The fourth-order valence-corrected chi connectivity index (χ4v) is 2.01. The molecule has 0 bridgehead atoms. The summed E-state index contributed by atoms with van der Waals surface area (Å²) >= 11 is 0. The molecule has 0 aromatic carbocycles. The van der Waals surface area contributed by atoms with Crippen LogP contribution in [0.4, 0.5) is 0 Å². The maximum Gasteiger partial charge on any atom is 0.306 e. The number of unbranched alkanes of at least 4 members (excludes halogenated alkanes) is 1. The van der Waals surface area contributed by atoms with Gasteiger partial charge in [0.15, 0.2) is 0 Å². The van der Waals surface area contributed by atoms with E-state index < -0.39 is 16.0 Å². The Labute approximate surface area is 100 Å². The van der Waals surface area contributed by atoms with E-state index in [0.717, 1.165) is 0 Å². The Morgan fingerprint density at radius 1 is 1.47 bits per heavy atom. The summed E-state index contributed by atoms with van der Waals surface area (Å²) in [7, 11) is -2.23. The lowest BCUT2D eigenvalue weighted by molar-refractivity contribution is -0.140. The highest BCUT2D eigenvalue weighted by atomic mass is 32.2. The van der Waals surface area contributed by atoms with Crippen LogP contribution in [0.3, 0.4) is 0 Å². The zero-order valence-corrected chi connectivity index (χ0v) is 10.4.